The van der Waals surface area contributed by atoms with Crippen LogP contribution in [0.1, 0.15) is 31.9 Å². The molecular formula is C23H27Cl2NO7. The minimum absolute atomic E-state index is 0.00947. The van der Waals surface area contributed by atoms with Gasteiger partial charge < -0.3 is 24.5 Å². The average Bonchev–Trinajstić information content (AvgIpc) is 2.67. The third-order valence-electron chi connectivity index (χ3n) is 4.28. The van der Waals surface area contributed by atoms with Gasteiger partial charge in [-0.05, 0) is 63.1 Å². The van der Waals surface area contributed by atoms with Gasteiger partial charge in [0.25, 0.3) is 0 Å². The van der Waals surface area contributed by atoms with Gasteiger partial charge in [0.1, 0.15) is 24.0 Å². The van der Waals surface area contributed by atoms with Crippen molar-refractivity contribution in [1.29, 1.82) is 0 Å². The van der Waals surface area contributed by atoms with Crippen molar-refractivity contribution in [2.45, 2.75) is 45.8 Å². The van der Waals surface area contributed by atoms with Crippen LogP contribution < -0.4 is 4.74 Å². The van der Waals surface area contributed by atoms with E-state index in [1.807, 2.05) is 6.92 Å². The van der Waals surface area contributed by atoms with Crippen molar-refractivity contribution < 1.29 is 34.1 Å². The third-order valence-corrected chi connectivity index (χ3v) is 4.84. The summed E-state index contributed by atoms with van der Waals surface area (Å²) in [6, 6.07) is 8.16. The van der Waals surface area contributed by atoms with Crippen molar-refractivity contribution in [3.8, 4) is 11.5 Å². The first-order chi connectivity index (χ1) is 15.4. The Morgan fingerprint density at radius 1 is 1.09 bits per heavy atom. The highest BCUT2D eigenvalue weighted by atomic mass is 35.5. The molecule has 180 valence electrons. The minimum atomic E-state index is -1.25. The van der Waals surface area contributed by atoms with Crippen molar-refractivity contribution in [2.75, 3.05) is 13.2 Å². The molecule has 2 aromatic carbocycles. The van der Waals surface area contributed by atoms with Gasteiger partial charge in [-0.2, -0.15) is 0 Å². The fourth-order valence-corrected chi connectivity index (χ4v) is 3.56. The smallest absolute Gasteiger partial charge is 0.508 e. The zero-order chi connectivity index (χ0) is 24.8. The lowest BCUT2D eigenvalue weighted by atomic mass is 10.1. The molecule has 0 saturated heterocycles. The lowest BCUT2D eigenvalue weighted by molar-refractivity contribution is -0.185. The molecule has 0 aliphatic carbocycles. The summed E-state index contributed by atoms with van der Waals surface area (Å²) in [5, 5.41) is 20.9. The number of rotatable bonds is 9. The van der Waals surface area contributed by atoms with Crippen molar-refractivity contribution in [2.24, 2.45) is 0 Å². The number of carbonyl (C=O) groups excluding carboxylic acids is 1. The first-order valence-electron chi connectivity index (χ1n) is 10.1. The summed E-state index contributed by atoms with van der Waals surface area (Å²) in [5.41, 5.74) is 0.633. The number of phenols is 1. The summed E-state index contributed by atoms with van der Waals surface area (Å²) in [6.07, 6.45) is -1.06. The molecule has 2 N–H and O–H groups in total. The number of ether oxygens (including phenoxy) is 2. The van der Waals surface area contributed by atoms with Crippen molar-refractivity contribution in [3.05, 3.63) is 57.6 Å². The fraction of sp³-hybridized carbons (Fsp3) is 0.391. The van der Waals surface area contributed by atoms with Crippen LogP contribution in [0, 0.1) is 6.92 Å². The van der Waals surface area contributed by atoms with Crippen LogP contribution in [0.2, 0.25) is 10.0 Å². The summed E-state index contributed by atoms with van der Waals surface area (Å²) >= 11 is 12.4. The number of hydrogen-bond acceptors (Lipinski definition) is 7. The number of aromatic hydroxyl groups is 1. The lowest BCUT2D eigenvalue weighted by Crippen LogP contribution is -2.46. The van der Waals surface area contributed by atoms with Crippen molar-refractivity contribution in [3.63, 3.8) is 0 Å². The Kier molecular flexibility index (Phi) is 9.22. The number of halogens is 2. The Morgan fingerprint density at radius 2 is 1.67 bits per heavy atom. The predicted octanol–water partition coefficient (Wildman–Crippen LogP) is 5.25. The van der Waals surface area contributed by atoms with E-state index in [1.165, 1.54) is 12.1 Å². The molecule has 10 heteroatoms. The van der Waals surface area contributed by atoms with Gasteiger partial charge in [0.15, 0.2) is 5.75 Å². The van der Waals surface area contributed by atoms with Crippen LogP contribution in [0.4, 0.5) is 4.79 Å². The van der Waals surface area contributed by atoms with E-state index >= 15 is 0 Å². The molecule has 33 heavy (non-hydrogen) atoms. The number of nitrogens with zero attached hydrogens (tertiary/aromatic N) is 1. The molecule has 2 rings (SSSR count). The van der Waals surface area contributed by atoms with Gasteiger partial charge in [-0.3, -0.25) is 4.79 Å². The Labute approximate surface area is 202 Å². The molecule has 0 spiro atoms. The summed E-state index contributed by atoms with van der Waals surface area (Å²) in [5.74, 6) is -0.933. The zero-order valence-electron chi connectivity index (χ0n) is 18.8. The Balaban J connectivity index is 2.20. The second-order valence-corrected chi connectivity index (χ2v) is 9.14. The summed E-state index contributed by atoms with van der Waals surface area (Å²) < 4.78 is 10.8. The standard InChI is InChI=1S/C23H27Cl2NO7/c1-14-11-17(24)20(18(25)12-14)31-10-9-26(33-22(30)32-23(2,3)4)19(21(28)29)13-15-5-7-16(27)8-6-15/h5-8,11-12,19,27H,9-10,13H2,1-4H3,(H,28,29)/t19-/m0/s1. The molecular weight excluding hydrogens is 473 g/mol. The molecule has 0 fully saturated rings. The molecule has 1 atom stereocenters. The SMILES string of the molecule is Cc1cc(Cl)c(OCCN(OC(=O)OC(C)(C)C)[C@@H](Cc2ccc(O)cc2)C(=O)O)c(Cl)c1. The molecule has 0 unspecified atom stereocenters. The van der Waals surface area contributed by atoms with Crippen LogP contribution >= 0.6 is 23.2 Å². The maximum Gasteiger partial charge on any atom is 0.528 e. The second-order valence-electron chi connectivity index (χ2n) is 8.33. The number of hydroxylamine groups is 2. The van der Waals surface area contributed by atoms with E-state index in [9.17, 15) is 19.8 Å². The maximum absolute atomic E-state index is 12.3. The topological polar surface area (TPSA) is 106 Å². The molecule has 0 saturated carbocycles. The molecule has 0 aliphatic heterocycles. The van der Waals surface area contributed by atoms with Crippen LogP contribution in [-0.2, 0) is 20.8 Å². The van der Waals surface area contributed by atoms with Crippen LogP contribution in [0.15, 0.2) is 36.4 Å². The zero-order valence-corrected chi connectivity index (χ0v) is 20.3. The first-order valence-corrected chi connectivity index (χ1v) is 10.9. The quantitative estimate of drug-likeness (QED) is 0.355. The van der Waals surface area contributed by atoms with Gasteiger partial charge in [0, 0.05) is 6.42 Å². The first kappa shape index (κ1) is 26.6. The van der Waals surface area contributed by atoms with E-state index in [0.717, 1.165) is 10.6 Å². The van der Waals surface area contributed by atoms with Gasteiger partial charge in [-0.15, -0.1) is 5.06 Å². The molecule has 0 bridgehead atoms. The number of carboxylic acids is 1. The van der Waals surface area contributed by atoms with Crippen LogP contribution in [0.3, 0.4) is 0 Å². The summed E-state index contributed by atoms with van der Waals surface area (Å²) in [7, 11) is 0. The van der Waals surface area contributed by atoms with E-state index in [2.05, 4.69) is 0 Å². The summed E-state index contributed by atoms with van der Waals surface area (Å²) in [6.45, 7) is 6.62. The highest BCUT2D eigenvalue weighted by Gasteiger charge is 2.31. The number of aryl methyl sites for hydroxylation is 1. The normalized spacial score (nSPS) is 12.3. The highest BCUT2D eigenvalue weighted by molar-refractivity contribution is 6.37. The monoisotopic (exact) mass is 499 g/mol. The largest absolute Gasteiger partial charge is 0.528 e. The number of benzene rings is 2. The lowest BCUT2D eigenvalue weighted by Gasteiger charge is -2.28. The fourth-order valence-electron chi connectivity index (χ4n) is 2.86. The van der Waals surface area contributed by atoms with E-state index in [0.29, 0.717) is 15.6 Å². The maximum atomic E-state index is 12.3. The molecule has 0 aromatic heterocycles. The van der Waals surface area contributed by atoms with E-state index in [4.69, 9.17) is 37.5 Å². The van der Waals surface area contributed by atoms with Crippen LogP contribution in [-0.4, -0.2) is 52.2 Å². The van der Waals surface area contributed by atoms with Gasteiger partial charge in [0.2, 0.25) is 0 Å². The Bertz CT molecular complexity index is 951. The average molecular weight is 500 g/mol. The molecule has 2 aromatic rings. The predicted molar refractivity (Wildman–Crippen MR) is 124 cm³/mol. The number of carbonyl (C=O) groups is 2. The number of carboxylic acid groups (broad SMARTS) is 1. The number of phenolic OH excluding ortho intramolecular Hbond substituents is 1. The van der Waals surface area contributed by atoms with Crippen LogP contribution in [0.25, 0.3) is 0 Å². The number of aliphatic carboxylic acids is 1. The molecule has 0 aliphatic rings. The van der Waals surface area contributed by atoms with E-state index in [1.54, 1.807) is 45.0 Å². The third kappa shape index (κ3) is 8.64. The minimum Gasteiger partial charge on any atom is -0.508 e. The molecule has 0 radical (unpaired) electrons. The Hall–Kier alpha value is -2.68. The van der Waals surface area contributed by atoms with Crippen LogP contribution in [0.5, 0.6) is 11.5 Å². The van der Waals surface area contributed by atoms with E-state index < -0.39 is 23.8 Å². The van der Waals surface area contributed by atoms with Crippen molar-refractivity contribution >= 4 is 35.3 Å². The number of hydrogen-bond donors (Lipinski definition) is 2. The van der Waals surface area contributed by atoms with Gasteiger partial charge in [-0.25, -0.2) is 4.79 Å². The molecule has 0 amide bonds. The van der Waals surface area contributed by atoms with E-state index in [-0.39, 0.29) is 31.1 Å². The molecule has 8 nitrogen and oxygen atoms in total. The Morgan fingerprint density at radius 3 is 2.18 bits per heavy atom. The van der Waals surface area contributed by atoms with Gasteiger partial charge in [0.05, 0.1) is 16.6 Å². The van der Waals surface area contributed by atoms with Gasteiger partial charge in [-0.1, -0.05) is 35.3 Å². The molecule has 0 heterocycles. The summed E-state index contributed by atoms with van der Waals surface area (Å²) in [4.78, 5) is 29.6. The van der Waals surface area contributed by atoms with Gasteiger partial charge >= 0.3 is 12.1 Å². The highest BCUT2D eigenvalue weighted by Crippen LogP contribution is 2.34. The van der Waals surface area contributed by atoms with Crippen molar-refractivity contribution in [1.82, 2.24) is 5.06 Å². The second kappa shape index (κ2) is 11.4.